The highest BCUT2D eigenvalue weighted by atomic mass is 16.1. The summed E-state index contributed by atoms with van der Waals surface area (Å²) in [5, 5.41) is 14.1. The molecule has 4 rings (SSSR count). The van der Waals surface area contributed by atoms with E-state index < -0.39 is 0 Å². The number of anilines is 1. The van der Waals surface area contributed by atoms with Crippen LogP contribution in [0.4, 0.5) is 5.69 Å². The van der Waals surface area contributed by atoms with Crippen molar-refractivity contribution in [2.45, 2.75) is 40.2 Å². The van der Waals surface area contributed by atoms with Gasteiger partial charge in [-0.1, -0.05) is 0 Å². The summed E-state index contributed by atoms with van der Waals surface area (Å²) in [6, 6.07) is 7.49. The number of aryl methyl sites for hydroxylation is 3. The molecule has 0 atom stereocenters. The van der Waals surface area contributed by atoms with E-state index in [1.54, 1.807) is 4.68 Å². The Balaban J connectivity index is 1.30. The number of tetrazole rings is 1. The molecule has 1 aromatic carbocycles. The van der Waals surface area contributed by atoms with Crippen LogP contribution in [0, 0.1) is 26.7 Å². The van der Waals surface area contributed by atoms with Crippen molar-refractivity contribution >= 4 is 11.6 Å². The van der Waals surface area contributed by atoms with Gasteiger partial charge in [0.15, 0.2) is 0 Å². The van der Waals surface area contributed by atoms with Crippen molar-refractivity contribution < 1.29 is 4.79 Å². The van der Waals surface area contributed by atoms with E-state index in [4.69, 9.17) is 4.98 Å². The van der Waals surface area contributed by atoms with Crippen LogP contribution in [0.1, 0.15) is 35.6 Å². The Labute approximate surface area is 175 Å². The Kier molecular flexibility index (Phi) is 5.80. The Morgan fingerprint density at radius 3 is 2.40 bits per heavy atom. The van der Waals surface area contributed by atoms with Gasteiger partial charge in [-0.15, -0.1) is 5.10 Å². The number of aromatic nitrogens is 6. The summed E-state index contributed by atoms with van der Waals surface area (Å²) in [6.45, 7) is 8.54. The molecule has 0 bridgehead atoms. The highest BCUT2D eigenvalue weighted by Gasteiger charge is 2.25. The number of amides is 1. The fourth-order valence-electron chi connectivity index (χ4n) is 3.70. The van der Waals surface area contributed by atoms with Gasteiger partial charge in [0, 0.05) is 18.2 Å². The molecule has 9 nitrogen and oxygen atoms in total. The Morgan fingerprint density at radius 1 is 1.03 bits per heavy atom. The van der Waals surface area contributed by atoms with Gasteiger partial charge in [-0.05, 0) is 81.4 Å². The Hall–Kier alpha value is -3.20. The minimum Gasteiger partial charge on any atom is -0.326 e. The molecule has 0 spiro atoms. The van der Waals surface area contributed by atoms with Gasteiger partial charge < -0.3 is 5.32 Å². The largest absolute Gasteiger partial charge is 0.326 e. The van der Waals surface area contributed by atoms with Crippen LogP contribution in [0.2, 0.25) is 0 Å². The molecule has 1 amide bonds. The molecule has 0 saturated carbocycles. The van der Waals surface area contributed by atoms with Crippen molar-refractivity contribution in [2.75, 3.05) is 18.4 Å². The van der Waals surface area contributed by atoms with Crippen LogP contribution in [-0.2, 0) is 11.3 Å². The molecule has 1 fully saturated rings. The minimum absolute atomic E-state index is 0.0207. The number of carbonyl (C=O) groups excluding carboxylic acids is 1. The third kappa shape index (κ3) is 4.51. The van der Waals surface area contributed by atoms with Crippen LogP contribution >= 0.6 is 0 Å². The molecule has 1 saturated heterocycles. The SMILES string of the molecule is Cc1nc(C)c(CN2CCC(C(=O)Nc3ccc(-n4cnnn4)cc3)CC2)nc1C. The molecule has 0 radical (unpaired) electrons. The maximum Gasteiger partial charge on any atom is 0.227 e. The number of hydrogen-bond donors (Lipinski definition) is 1. The quantitative estimate of drug-likeness (QED) is 0.693. The van der Waals surface area contributed by atoms with Gasteiger partial charge >= 0.3 is 0 Å². The third-order valence-corrected chi connectivity index (χ3v) is 5.66. The number of nitrogens with zero attached hydrogens (tertiary/aromatic N) is 7. The molecule has 3 heterocycles. The van der Waals surface area contributed by atoms with E-state index in [1.165, 1.54) is 6.33 Å². The van der Waals surface area contributed by atoms with Crippen LogP contribution in [0.15, 0.2) is 30.6 Å². The van der Waals surface area contributed by atoms with E-state index in [9.17, 15) is 4.79 Å². The van der Waals surface area contributed by atoms with Gasteiger partial charge in [0.2, 0.25) is 5.91 Å². The topological polar surface area (TPSA) is 102 Å². The van der Waals surface area contributed by atoms with Crippen LogP contribution in [0.5, 0.6) is 0 Å². The zero-order chi connectivity index (χ0) is 21.1. The van der Waals surface area contributed by atoms with Crippen molar-refractivity contribution in [2.24, 2.45) is 5.92 Å². The molecule has 30 heavy (non-hydrogen) atoms. The zero-order valence-corrected chi connectivity index (χ0v) is 17.5. The second kappa shape index (κ2) is 8.66. The molecular weight excluding hydrogens is 380 g/mol. The minimum atomic E-state index is 0.0207. The number of benzene rings is 1. The maximum absolute atomic E-state index is 12.7. The molecule has 0 aliphatic carbocycles. The summed E-state index contributed by atoms with van der Waals surface area (Å²) >= 11 is 0. The van der Waals surface area contributed by atoms with Crippen molar-refractivity contribution in [3.8, 4) is 5.69 Å². The van der Waals surface area contributed by atoms with Gasteiger partial charge in [-0.3, -0.25) is 19.7 Å². The van der Waals surface area contributed by atoms with Gasteiger partial charge in [0.1, 0.15) is 6.33 Å². The van der Waals surface area contributed by atoms with Crippen LogP contribution in [-0.4, -0.2) is 54.1 Å². The van der Waals surface area contributed by atoms with E-state index in [2.05, 4.69) is 30.7 Å². The normalized spacial score (nSPS) is 15.3. The molecular formula is C21H26N8O. The van der Waals surface area contributed by atoms with E-state index in [1.807, 2.05) is 45.0 Å². The van der Waals surface area contributed by atoms with E-state index in [-0.39, 0.29) is 11.8 Å². The molecule has 0 unspecified atom stereocenters. The smallest absolute Gasteiger partial charge is 0.227 e. The monoisotopic (exact) mass is 406 g/mol. The summed E-state index contributed by atoms with van der Waals surface area (Å²) in [5.74, 6) is 0.0966. The zero-order valence-electron chi connectivity index (χ0n) is 17.5. The molecule has 1 aliphatic heterocycles. The summed E-state index contributed by atoms with van der Waals surface area (Å²) in [4.78, 5) is 24.3. The molecule has 2 aromatic heterocycles. The molecule has 1 aliphatic rings. The van der Waals surface area contributed by atoms with E-state index >= 15 is 0 Å². The first-order valence-electron chi connectivity index (χ1n) is 10.2. The number of piperidine rings is 1. The van der Waals surface area contributed by atoms with Gasteiger partial charge in [0.25, 0.3) is 0 Å². The fraction of sp³-hybridized carbons (Fsp3) is 0.429. The predicted octanol–water partition coefficient (Wildman–Crippen LogP) is 2.23. The summed E-state index contributed by atoms with van der Waals surface area (Å²) in [7, 11) is 0. The lowest BCUT2D eigenvalue weighted by Crippen LogP contribution is -2.38. The molecule has 156 valence electrons. The van der Waals surface area contributed by atoms with Gasteiger partial charge in [-0.2, -0.15) is 0 Å². The lowest BCUT2D eigenvalue weighted by molar-refractivity contribution is -0.121. The first-order chi connectivity index (χ1) is 14.5. The second-order valence-electron chi connectivity index (χ2n) is 7.77. The van der Waals surface area contributed by atoms with E-state index in [0.29, 0.717) is 0 Å². The van der Waals surface area contributed by atoms with Crippen molar-refractivity contribution in [1.29, 1.82) is 0 Å². The number of likely N-dealkylation sites (tertiary alicyclic amines) is 1. The highest BCUT2D eigenvalue weighted by Crippen LogP contribution is 2.22. The number of hydrogen-bond acceptors (Lipinski definition) is 7. The van der Waals surface area contributed by atoms with E-state index in [0.717, 1.165) is 66.6 Å². The van der Waals surface area contributed by atoms with Gasteiger partial charge in [-0.25, -0.2) is 4.68 Å². The number of carbonyl (C=O) groups is 1. The standard InChI is InChI=1S/C21H26N8O/c1-14-15(2)24-20(16(3)23-14)12-28-10-8-17(9-11-28)21(30)25-18-4-6-19(7-5-18)29-13-22-26-27-29/h4-7,13,17H,8-12H2,1-3H3,(H,25,30). The average molecular weight is 406 g/mol. The van der Waals surface area contributed by atoms with Crippen molar-refractivity contribution in [1.82, 2.24) is 35.1 Å². The lowest BCUT2D eigenvalue weighted by Gasteiger charge is -2.31. The Bertz CT molecular complexity index is 1010. The van der Waals surface area contributed by atoms with Crippen LogP contribution in [0.3, 0.4) is 0 Å². The van der Waals surface area contributed by atoms with Crippen LogP contribution < -0.4 is 5.32 Å². The summed E-state index contributed by atoms with van der Waals surface area (Å²) in [6.07, 6.45) is 3.21. The molecule has 3 aromatic rings. The number of rotatable bonds is 5. The van der Waals surface area contributed by atoms with Gasteiger partial charge in [0.05, 0.1) is 28.5 Å². The Morgan fingerprint density at radius 2 is 1.73 bits per heavy atom. The average Bonchev–Trinajstić information content (AvgIpc) is 3.28. The maximum atomic E-state index is 12.7. The van der Waals surface area contributed by atoms with Crippen molar-refractivity contribution in [3.63, 3.8) is 0 Å². The summed E-state index contributed by atoms with van der Waals surface area (Å²) < 4.78 is 1.57. The number of nitrogens with one attached hydrogen (secondary N) is 1. The lowest BCUT2D eigenvalue weighted by atomic mass is 9.95. The second-order valence-corrected chi connectivity index (χ2v) is 7.77. The third-order valence-electron chi connectivity index (χ3n) is 5.66. The predicted molar refractivity (Wildman–Crippen MR) is 112 cm³/mol. The first kappa shape index (κ1) is 20.1. The molecule has 9 heteroatoms. The summed E-state index contributed by atoms with van der Waals surface area (Å²) in [5.41, 5.74) is 5.61. The van der Waals surface area contributed by atoms with Crippen molar-refractivity contribution in [3.05, 3.63) is 53.4 Å². The fourth-order valence-corrected chi connectivity index (χ4v) is 3.70. The molecule has 1 N–H and O–H groups in total. The highest BCUT2D eigenvalue weighted by molar-refractivity contribution is 5.92. The van der Waals surface area contributed by atoms with Crippen LogP contribution in [0.25, 0.3) is 5.69 Å². The first-order valence-corrected chi connectivity index (χ1v) is 10.2.